The fraction of sp³-hybridized carbons (Fsp3) is 0.500. The lowest BCUT2D eigenvalue weighted by Crippen LogP contribution is -2.53. The van der Waals surface area contributed by atoms with Gasteiger partial charge in [0.05, 0.1) is 0 Å². The molecule has 4 amide bonds. The first-order chi connectivity index (χ1) is 19.9. The van der Waals surface area contributed by atoms with Crippen molar-refractivity contribution >= 4 is 41.3 Å². The number of likely N-dealkylation sites (tertiary alicyclic amines) is 1. The number of rotatable bonds is 11. The van der Waals surface area contributed by atoms with Gasteiger partial charge < -0.3 is 25.6 Å². The largest absolute Gasteiger partial charge is 0.444 e. The Bertz CT molecular complexity index is 1190. The van der Waals surface area contributed by atoms with Crippen LogP contribution in [0.2, 0.25) is 0 Å². The summed E-state index contributed by atoms with van der Waals surface area (Å²) in [6.45, 7) is 8.08. The SMILES string of the molecule is CSCC[C@H](NC(=O)OC(C)(C)C)C(=O)N1CCC(C(=O)N[C@@H](Cc2ccccc2)C(=O)Nc2ccc(C)cc2)CC1. The normalized spacial score (nSPS) is 15.3. The number of aryl methyl sites for hydroxylation is 1. The Morgan fingerprint density at radius 2 is 1.60 bits per heavy atom. The highest BCUT2D eigenvalue weighted by Gasteiger charge is 2.33. The Morgan fingerprint density at radius 1 is 0.952 bits per heavy atom. The van der Waals surface area contributed by atoms with E-state index in [4.69, 9.17) is 4.74 Å². The second-order valence-electron chi connectivity index (χ2n) is 11.7. The zero-order chi connectivity index (χ0) is 30.7. The highest BCUT2D eigenvalue weighted by molar-refractivity contribution is 7.98. The average Bonchev–Trinajstić information content (AvgIpc) is 2.95. The molecule has 0 unspecified atom stereocenters. The minimum absolute atomic E-state index is 0.173. The van der Waals surface area contributed by atoms with Crippen LogP contribution < -0.4 is 16.0 Å². The first-order valence-corrected chi connectivity index (χ1v) is 15.8. The van der Waals surface area contributed by atoms with E-state index in [1.807, 2.05) is 67.8 Å². The standard InChI is InChI=1S/C32H44N4O5S/c1-22-11-13-25(14-12-22)33-29(38)27(21-23-9-7-6-8-10-23)34-28(37)24-15-18-36(19-16-24)30(39)26(17-20-42-5)35-31(40)41-32(2,3)4/h6-14,24,26-27H,15-21H2,1-5H3,(H,33,38)(H,34,37)(H,35,40)/t26-,27-/m0/s1. The first kappa shape index (κ1) is 33.0. The predicted molar refractivity (Wildman–Crippen MR) is 167 cm³/mol. The van der Waals surface area contributed by atoms with Gasteiger partial charge in [-0.3, -0.25) is 14.4 Å². The molecule has 0 aliphatic carbocycles. The van der Waals surface area contributed by atoms with Gasteiger partial charge in [-0.15, -0.1) is 0 Å². The van der Waals surface area contributed by atoms with E-state index in [0.29, 0.717) is 50.2 Å². The van der Waals surface area contributed by atoms with Gasteiger partial charge in [0.1, 0.15) is 17.7 Å². The number of thioether (sulfide) groups is 1. The van der Waals surface area contributed by atoms with Gasteiger partial charge in [0.15, 0.2) is 0 Å². The van der Waals surface area contributed by atoms with Crippen molar-refractivity contribution in [2.75, 3.05) is 30.4 Å². The molecule has 1 saturated heterocycles. The van der Waals surface area contributed by atoms with Crippen LogP contribution in [0, 0.1) is 12.8 Å². The number of nitrogens with one attached hydrogen (secondary N) is 3. The van der Waals surface area contributed by atoms with E-state index in [0.717, 1.165) is 11.1 Å². The second kappa shape index (κ2) is 15.6. The minimum Gasteiger partial charge on any atom is -0.444 e. The molecule has 1 heterocycles. The van der Waals surface area contributed by atoms with Crippen LogP contribution in [0.4, 0.5) is 10.5 Å². The number of alkyl carbamates (subject to hydrolysis) is 1. The summed E-state index contributed by atoms with van der Waals surface area (Å²) in [4.78, 5) is 54.1. The molecular weight excluding hydrogens is 552 g/mol. The van der Waals surface area contributed by atoms with Gasteiger partial charge >= 0.3 is 6.09 Å². The topological polar surface area (TPSA) is 117 Å². The van der Waals surface area contributed by atoms with Crippen LogP contribution in [0.25, 0.3) is 0 Å². The van der Waals surface area contributed by atoms with Crippen LogP contribution in [-0.4, -0.2) is 71.5 Å². The number of amides is 4. The van der Waals surface area contributed by atoms with Crippen LogP contribution in [0.15, 0.2) is 54.6 Å². The van der Waals surface area contributed by atoms with Crippen LogP contribution in [0.3, 0.4) is 0 Å². The molecule has 0 bridgehead atoms. The summed E-state index contributed by atoms with van der Waals surface area (Å²) in [5.41, 5.74) is 2.03. The molecule has 228 valence electrons. The number of carbonyl (C=O) groups is 4. The number of anilines is 1. The van der Waals surface area contributed by atoms with Gasteiger partial charge in [-0.2, -0.15) is 11.8 Å². The molecule has 1 aliphatic heterocycles. The summed E-state index contributed by atoms with van der Waals surface area (Å²) in [6, 6.07) is 15.7. The summed E-state index contributed by atoms with van der Waals surface area (Å²) in [5.74, 6) is -0.281. The smallest absolute Gasteiger partial charge is 0.408 e. The number of nitrogens with zero attached hydrogens (tertiary/aromatic N) is 1. The fourth-order valence-electron chi connectivity index (χ4n) is 4.74. The number of benzene rings is 2. The number of hydrogen-bond acceptors (Lipinski definition) is 6. The van der Waals surface area contributed by atoms with E-state index >= 15 is 0 Å². The molecule has 42 heavy (non-hydrogen) atoms. The van der Waals surface area contributed by atoms with Crippen molar-refractivity contribution in [2.24, 2.45) is 5.92 Å². The number of hydrogen-bond donors (Lipinski definition) is 3. The molecule has 2 atom stereocenters. The van der Waals surface area contributed by atoms with Gasteiger partial charge in [-0.25, -0.2) is 4.79 Å². The van der Waals surface area contributed by atoms with Gasteiger partial charge in [0.25, 0.3) is 0 Å². The molecule has 10 heteroatoms. The fourth-order valence-corrected chi connectivity index (χ4v) is 5.21. The maximum Gasteiger partial charge on any atom is 0.408 e. The Kier molecular flexibility index (Phi) is 12.3. The molecule has 9 nitrogen and oxygen atoms in total. The summed E-state index contributed by atoms with van der Waals surface area (Å²) in [5, 5.41) is 8.64. The van der Waals surface area contributed by atoms with Crippen molar-refractivity contribution in [3.8, 4) is 0 Å². The summed E-state index contributed by atoms with van der Waals surface area (Å²) in [7, 11) is 0. The Morgan fingerprint density at radius 3 is 2.19 bits per heavy atom. The van der Waals surface area contributed by atoms with Gasteiger partial charge in [-0.1, -0.05) is 48.0 Å². The molecule has 0 spiro atoms. The zero-order valence-corrected chi connectivity index (χ0v) is 26.1. The third-order valence-corrected chi connectivity index (χ3v) is 7.66. The van der Waals surface area contributed by atoms with E-state index in [1.54, 1.807) is 37.4 Å². The Hall–Kier alpha value is -3.53. The van der Waals surface area contributed by atoms with Gasteiger partial charge in [0.2, 0.25) is 17.7 Å². The van der Waals surface area contributed by atoms with Crippen LogP contribution in [0.5, 0.6) is 0 Å². The Balaban J connectivity index is 1.61. The van der Waals surface area contributed by atoms with E-state index in [2.05, 4.69) is 16.0 Å². The Labute approximate surface area is 253 Å². The van der Waals surface area contributed by atoms with Gasteiger partial charge in [0, 0.05) is 31.1 Å². The predicted octanol–water partition coefficient (Wildman–Crippen LogP) is 4.55. The molecule has 1 aliphatic rings. The van der Waals surface area contributed by atoms with Crippen molar-refractivity contribution in [1.82, 2.24) is 15.5 Å². The zero-order valence-electron chi connectivity index (χ0n) is 25.3. The third kappa shape index (κ3) is 10.7. The molecule has 3 rings (SSSR count). The molecule has 0 aromatic heterocycles. The van der Waals surface area contributed by atoms with Crippen LogP contribution in [0.1, 0.15) is 51.2 Å². The summed E-state index contributed by atoms with van der Waals surface area (Å²) in [6.07, 6.45) is 3.11. The monoisotopic (exact) mass is 596 g/mol. The van der Waals surface area contributed by atoms with E-state index < -0.39 is 23.8 Å². The molecular formula is C32H44N4O5S. The maximum atomic E-state index is 13.4. The summed E-state index contributed by atoms with van der Waals surface area (Å²) >= 11 is 1.60. The second-order valence-corrected chi connectivity index (χ2v) is 12.7. The molecule has 0 radical (unpaired) electrons. The quantitative estimate of drug-likeness (QED) is 0.351. The molecule has 1 fully saturated rings. The van der Waals surface area contributed by atoms with E-state index in [1.165, 1.54) is 0 Å². The molecule has 2 aromatic carbocycles. The molecule has 3 N–H and O–H groups in total. The van der Waals surface area contributed by atoms with E-state index in [-0.39, 0.29) is 23.6 Å². The lowest BCUT2D eigenvalue weighted by Gasteiger charge is -2.34. The van der Waals surface area contributed by atoms with Crippen LogP contribution in [-0.2, 0) is 25.5 Å². The minimum atomic E-state index is -0.755. The highest BCUT2D eigenvalue weighted by atomic mass is 32.2. The lowest BCUT2D eigenvalue weighted by atomic mass is 9.94. The van der Waals surface area contributed by atoms with Crippen molar-refractivity contribution in [3.05, 3.63) is 65.7 Å². The lowest BCUT2D eigenvalue weighted by molar-refractivity contribution is -0.137. The summed E-state index contributed by atoms with van der Waals surface area (Å²) < 4.78 is 5.36. The highest BCUT2D eigenvalue weighted by Crippen LogP contribution is 2.20. The number of carbonyl (C=O) groups excluding carboxylic acids is 4. The van der Waals surface area contributed by atoms with E-state index in [9.17, 15) is 19.2 Å². The van der Waals surface area contributed by atoms with Crippen LogP contribution >= 0.6 is 11.8 Å². The van der Waals surface area contributed by atoms with Crippen molar-refractivity contribution in [3.63, 3.8) is 0 Å². The maximum absolute atomic E-state index is 13.4. The molecule has 2 aromatic rings. The first-order valence-electron chi connectivity index (χ1n) is 14.4. The molecule has 0 saturated carbocycles. The number of piperidine rings is 1. The third-order valence-electron chi connectivity index (χ3n) is 7.01. The van der Waals surface area contributed by atoms with Crippen molar-refractivity contribution in [1.29, 1.82) is 0 Å². The average molecular weight is 597 g/mol. The van der Waals surface area contributed by atoms with Crippen molar-refractivity contribution < 1.29 is 23.9 Å². The number of ether oxygens (including phenoxy) is 1. The van der Waals surface area contributed by atoms with Gasteiger partial charge in [-0.05, 0) is 76.7 Å². The van der Waals surface area contributed by atoms with Crippen molar-refractivity contribution in [2.45, 2.75) is 71.1 Å².